The van der Waals surface area contributed by atoms with Gasteiger partial charge in [-0.05, 0) is 52.7 Å². The second-order valence-electron chi connectivity index (χ2n) is 5.58. The molecule has 0 N–H and O–H groups in total. The molecular weight excluding hydrogens is 259 g/mol. The van der Waals surface area contributed by atoms with Crippen LogP contribution in [0.2, 0.25) is 0 Å². The van der Waals surface area contributed by atoms with Crippen LogP contribution in [0.1, 0.15) is 37.5 Å². The molecule has 106 valence electrons. The first-order chi connectivity index (χ1) is 9.63. The number of rotatable bonds is 5. The first-order valence-corrected chi connectivity index (χ1v) is 8.27. The second kappa shape index (κ2) is 7.04. The molecule has 20 heavy (non-hydrogen) atoms. The maximum atomic E-state index is 2.88. The van der Waals surface area contributed by atoms with Crippen molar-refractivity contribution in [2.24, 2.45) is 0 Å². The lowest BCUT2D eigenvalue weighted by Crippen LogP contribution is -1.97. The van der Waals surface area contributed by atoms with Crippen LogP contribution in [-0.4, -0.2) is 5.66 Å². The molecule has 2 unspecified atom stereocenters. The van der Waals surface area contributed by atoms with E-state index >= 15 is 0 Å². The summed E-state index contributed by atoms with van der Waals surface area (Å²) in [5.41, 5.74) is 7.68. The average Bonchev–Trinajstić information content (AvgIpc) is 2.46. The van der Waals surface area contributed by atoms with Crippen LogP contribution in [0.5, 0.6) is 0 Å². The quantitative estimate of drug-likeness (QED) is 0.655. The van der Waals surface area contributed by atoms with E-state index in [-0.39, 0.29) is 0 Å². The summed E-state index contributed by atoms with van der Waals surface area (Å²) >= 11 is 0. The van der Waals surface area contributed by atoms with Gasteiger partial charge in [-0.15, -0.1) is 9.24 Å². The summed E-state index contributed by atoms with van der Waals surface area (Å²) in [7, 11) is 2.88. The van der Waals surface area contributed by atoms with Gasteiger partial charge in [0.1, 0.15) is 0 Å². The Balaban J connectivity index is 2.40. The zero-order valence-corrected chi connectivity index (χ0v) is 14.0. The lowest BCUT2D eigenvalue weighted by atomic mass is 9.94. The maximum Gasteiger partial charge on any atom is -0.0152 e. The van der Waals surface area contributed by atoms with E-state index in [0.717, 1.165) is 19.3 Å². The van der Waals surface area contributed by atoms with Crippen LogP contribution in [0.25, 0.3) is 11.1 Å². The van der Waals surface area contributed by atoms with Gasteiger partial charge in [-0.3, -0.25) is 0 Å². The first-order valence-electron chi connectivity index (χ1n) is 7.60. The Morgan fingerprint density at radius 2 is 1.75 bits per heavy atom. The minimum Gasteiger partial charge on any atom is -0.134 e. The van der Waals surface area contributed by atoms with Crippen LogP contribution in [0, 0.1) is 0 Å². The number of hydrogen-bond donors (Lipinski definition) is 0. The molecule has 2 atom stereocenters. The van der Waals surface area contributed by atoms with Crippen LogP contribution in [-0.2, 0) is 19.3 Å². The molecule has 0 radical (unpaired) electrons. The van der Waals surface area contributed by atoms with Crippen LogP contribution in [0.15, 0.2) is 42.5 Å². The van der Waals surface area contributed by atoms with Crippen molar-refractivity contribution in [2.75, 3.05) is 0 Å². The third-order valence-electron chi connectivity index (χ3n) is 3.75. The zero-order valence-electron chi connectivity index (χ0n) is 12.8. The van der Waals surface area contributed by atoms with Gasteiger partial charge >= 0.3 is 0 Å². The average molecular weight is 284 g/mol. The standard InChI is InChI=1S/C19H25P/c1-4-15-9-10-19(17(5-2)12-15)18-8-6-7-16(13-18)11-14(3)20/h6-10,12-14H,4-5,11,20H2,1-3H3. The minimum atomic E-state index is 0.623. The summed E-state index contributed by atoms with van der Waals surface area (Å²) in [4.78, 5) is 0. The summed E-state index contributed by atoms with van der Waals surface area (Å²) in [5.74, 6) is 0. The Morgan fingerprint density at radius 1 is 0.950 bits per heavy atom. The molecule has 0 heterocycles. The van der Waals surface area contributed by atoms with Gasteiger partial charge in [-0.2, -0.15) is 0 Å². The number of benzene rings is 2. The molecule has 1 heteroatoms. The largest absolute Gasteiger partial charge is 0.134 e. The van der Waals surface area contributed by atoms with Gasteiger partial charge in [0.15, 0.2) is 0 Å². The van der Waals surface area contributed by atoms with Gasteiger partial charge in [-0.1, -0.05) is 63.2 Å². The summed E-state index contributed by atoms with van der Waals surface area (Å²) in [6.07, 6.45) is 3.32. The fraction of sp³-hybridized carbons (Fsp3) is 0.368. The fourth-order valence-electron chi connectivity index (χ4n) is 2.68. The Bertz CT molecular complexity index is 570. The normalized spacial score (nSPS) is 12.4. The molecule has 0 aliphatic rings. The number of hydrogen-bond acceptors (Lipinski definition) is 0. The van der Waals surface area contributed by atoms with Gasteiger partial charge in [0.25, 0.3) is 0 Å². The topological polar surface area (TPSA) is 0 Å². The molecule has 0 nitrogen and oxygen atoms in total. The van der Waals surface area contributed by atoms with Crippen molar-refractivity contribution in [2.45, 2.75) is 45.7 Å². The van der Waals surface area contributed by atoms with Crippen molar-refractivity contribution in [1.82, 2.24) is 0 Å². The first kappa shape index (κ1) is 15.3. The molecular formula is C19H25P. The molecule has 2 rings (SSSR count). The molecule has 0 saturated heterocycles. The van der Waals surface area contributed by atoms with Crippen molar-refractivity contribution < 1.29 is 0 Å². The van der Waals surface area contributed by atoms with Crippen molar-refractivity contribution in [3.63, 3.8) is 0 Å². The molecule has 0 fully saturated rings. The summed E-state index contributed by atoms with van der Waals surface area (Å²) < 4.78 is 0. The summed E-state index contributed by atoms with van der Waals surface area (Å²) in [6.45, 7) is 6.70. The predicted octanol–water partition coefficient (Wildman–Crippen LogP) is 5.28. The van der Waals surface area contributed by atoms with Crippen LogP contribution in [0.4, 0.5) is 0 Å². The van der Waals surface area contributed by atoms with Crippen LogP contribution in [0.3, 0.4) is 0 Å². The summed E-state index contributed by atoms with van der Waals surface area (Å²) in [5, 5.41) is 0. The Labute approximate surface area is 125 Å². The van der Waals surface area contributed by atoms with Gasteiger partial charge < -0.3 is 0 Å². The highest BCUT2D eigenvalue weighted by Gasteiger charge is 2.06. The molecule has 0 aliphatic heterocycles. The Hall–Kier alpha value is -1.13. The van der Waals surface area contributed by atoms with Gasteiger partial charge in [0, 0.05) is 0 Å². The summed E-state index contributed by atoms with van der Waals surface area (Å²) in [6, 6.07) is 15.9. The van der Waals surface area contributed by atoms with E-state index < -0.39 is 0 Å². The van der Waals surface area contributed by atoms with Crippen molar-refractivity contribution in [3.05, 3.63) is 59.2 Å². The van der Waals surface area contributed by atoms with Crippen molar-refractivity contribution >= 4 is 9.24 Å². The number of aryl methyl sites for hydroxylation is 2. The van der Waals surface area contributed by atoms with Crippen molar-refractivity contribution in [3.8, 4) is 11.1 Å². The molecule has 2 aromatic rings. The van der Waals surface area contributed by atoms with Gasteiger partial charge in [0.05, 0.1) is 0 Å². The van der Waals surface area contributed by atoms with Gasteiger partial charge in [-0.25, -0.2) is 0 Å². The molecule has 2 aromatic carbocycles. The molecule has 0 aromatic heterocycles. The van der Waals surface area contributed by atoms with E-state index in [0.29, 0.717) is 5.66 Å². The van der Waals surface area contributed by atoms with E-state index in [4.69, 9.17) is 0 Å². The van der Waals surface area contributed by atoms with Crippen LogP contribution < -0.4 is 0 Å². The Morgan fingerprint density at radius 3 is 2.40 bits per heavy atom. The SMILES string of the molecule is CCc1ccc(-c2cccc(CC(C)P)c2)c(CC)c1. The molecule has 0 bridgehead atoms. The van der Waals surface area contributed by atoms with E-state index in [9.17, 15) is 0 Å². The fourth-order valence-corrected chi connectivity index (χ4v) is 2.95. The van der Waals surface area contributed by atoms with E-state index in [2.05, 4.69) is 72.5 Å². The van der Waals surface area contributed by atoms with Gasteiger partial charge in [0.2, 0.25) is 0 Å². The monoisotopic (exact) mass is 284 g/mol. The smallest absolute Gasteiger partial charge is 0.0152 e. The molecule has 0 aliphatic carbocycles. The zero-order chi connectivity index (χ0) is 14.5. The molecule has 0 saturated carbocycles. The highest BCUT2D eigenvalue weighted by Crippen LogP contribution is 2.27. The van der Waals surface area contributed by atoms with E-state index in [1.54, 1.807) is 0 Å². The maximum absolute atomic E-state index is 2.88. The van der Waals surface area contributed by atoms with E-state index in [1.807, 2.05) is 0 Å². The highest BCUT2D eigenvalue weighted by atomic mass is 31.0. The van der Waals surface area contributed by atoms with Crippen molar-refractivity contribution in [1.29, 1.82) is 0 Å². The Kier molecular flexibility index (Phi) is 5.38. The molecule has 0 amide bonds. The van der Waals surface area contributed by atoms with Crippen LogP contribution >= 0.6 is 9.24 Å². The lowest BCUT2D eigenvalue weighted by Gasteiger charge is -2.12. The third-order valence-corrected chi connectivity index (χ3v) is 3.99. The molecule has 0 spiro atoms. The van der Waals surface area contributed by atoms with E-state index in [1.165, 1.54) is 27.8 Å². The highest BCUT2D eigenvalue weighted by molar-refractivity contribution is 7.17. The minimum absolute atomic E-state index is 0.623. The predicted molar refractivity (Wildman–Crippen MR) is 93.5 cm³/mol. The second-order valence-corrected chi connectivity index (χ2v) is 6.72. The third kappa shape index (κ3) is 3.70. The lowest BCUT2D eigenvalue weighted by molar-refractivity contribution is 0.945.